The van der Waals surface area contributed by atoms with Gasteiger partial charge in [0.2, 0.25) is 0 Å². The molecule has 0 aliphatic carbocycles. The molecule has 1 aliphatic heterocycles. The molecule has 2 amide bonds. The number of rotatable bonds is 2. The van der Waals surface area contributed by atoms with Crippen molar-refractivity contribution >= 4 is 23.2 Å². The van der Waals surface area contributed by atoms with Crippen LogP contribution >= 0.6 is 11.3 Å². The number of ether oxygens (including phenoxy) is 1. The van der Waals surface area contributed by atoms with Gasteiger partial charge in [-0.3, -0.25) is 14.5 Å². The van der Waals surface area contributed by atoms with E-state index < -0.39 is 0 Å². The molecule has 0 spiro atoms. The monoisotopic (exact) mass is 264 g/mol. The van der Waals surface area contributed by atoms with Crippen LogP contribution in [0.25, 0.3) is 0 Å². The Balaban J connectivity index is 2.06. The van der Waals surface area contributed by atoms with Crippen molar-refractivity contribution in [2.24, 2.45) is 5.73 Å². The maximum atomic E-state index is 11.5. The third kappa shape index (κ3) is 2.96. The number of carbonyl (C=O) groups excluding carboxylic acids is 2. The molecule has 94 valence electrons. The normalized spacial score (nSPS) is 15.5. The van der Waals surface area contributed by atoms with Crippen LogP contribution in [0, 0.1) is 11.8 Å². The van der Waals surface area contributed by atoms with Crippen molar-refractivity contribution in [1.29, 1.82) is 0 Å². The molecule has 0 aromatic carbocycles. The van der Waals surface area contributed by atoms with Crippen molar-refractivity contribution in [2.75, 3.05) is 19.8 Å². The zero-order valence-electron chi connectivity index (χ0n) is 9.64. The van der Waals surface area contributed by atoms with Crippen LogP contribution in [-0.4, -0.2) is 36.5 Å². The molecule has 0 saturated carbocycles. The molecule has 1 saturated heterocycles. The minimum Gasteiger partial charge on any atom is -0.362 e. The Morgan fingerprint density at radius 3 is 2.72 bits per heavy atom. The highest BCUT2D eigenvalue weighted by atomic mass is 32.1. The van der Waals surface area contributed by atoms with Gasteiger partial charge in [0, 0.05) is 4.88 Å². The van der Waals surface area contributed by atoms with Crippen molar-refractivity contribution in [3.63, 3.8) is 0 Å². The summed E-state index contributed by atoms with van der Waals surface area (Å²) in [6, 6.07) is 3.72. The molecule has 2 rings (SSSR count). The number of morpholine rings is 1. The first-order chi connectivity index (χ1) is 8.70. The number of carbonyl (C=O) groups is 2. The highest BCUT2D eigenvalue weighted by molar-refractivity contribution is 7.12. The molecule has 0 bridgehead atoms. The van der Waals surface area contributed by atoms with E-state index in [0.29, 0.717) is 6.54 Å². The first-order valence-electron chi connectivity index (χ1n) is 5.39. The molecular formula is C12H12N2O3S. The second-order valence-electron chi connectivity index (χ2n) is 3.64. The minimum absolute atomic E-state index is 0.0308. The number of hydrogen-bond donors (Lipinski definition) is 1. The standard InChI is InChI=1S/C12H12N2O3S/c13-5-1-2-9-3-4-10(18-9)6-14-11(15)7-17-8-12(14)16/h3-4H,5-8,13H2. The molecule has 2 N–H and O–H groups in total. The van der Waals surface area contributed by atoms with Crippen LogP contribution in [-0.2, 0) is 20.9 Å². The maximum absolute atomic E-state index is 11.5. The Labute approximate surface area is 109 Å². The van der Waals surface area contributed by atoms with Gasteiger partial charge in [-0.1, -0.05) is 11.8 Å². The second-order valence-corrected chi connectivity index (χ2v) is 4.81. The van der Waals surface area contributed by atoms with Gasteiger partial charge < -0.3 is 10.5 Å². The third-order valence-corrected chi connectivity index (χ3v) is 3.33. The Kier molecular flexibility index (Phi) is 4.10. The van der Waals surface area contributed by atoms with Crippen molar-refractivity contribution < 1.29 is 14.3 Å². The van der Waals surface area contributed by atoms with Gasteiger partial charge in [0.05, 0.1) is 18.0 Å². The van der Waals surface area contributed by atoms with Gasteiger partial charge in [-0.15, -0.1) is 11.3 Å². The largest absolute Gasteiger partial charge is 0.362 e. The molecule has 0 radical (unpaired) electrons. The van der Waals surface area contributed by atoms with Crippen LogP contribution in [0.15, 0.2) is 12.1 Å². The molecule has 0 atom stereocenters. The summed E-state index contributed by atoms with van der Waals surface area (Å²) in [4.78, 5) is 26.1. The predicted octanol–water partition coefficient (Wildman–Crippen LogP) is -0.0563. The molecule has 1 aromatic heterocycles. The number of thiophene rings is 1. The fourth-order valence-electron chi connectivity index (χ4n) is 1.52. The molecular weight excluding hydrogens is 252 g/mol. The topological polar surface area (TPSA) is 72.6 Å². The van der Waals surface area contributed by atoms with Gasteiger partial charge >= 0.3 is 0 Å². The molecule has 6 heteroatoms. The first-order valence-corrected chi connectivity index (χ1v) is 6.21. The molecule has 1 aromatic rings. The van der Waals surface area contributed by atoms with E-state index in [0.717, 1.165) is 9.75 Å². The number of imide groups is 1. The number of nitrogens with two attached hydrogens (primary N) is 1. The predicted molar refractivity (Wildman–Crippen MR) is 66.6 cm³/mol. The Morgan fingerprint density at radius 1 is 1.33 bits per heavy atom. The lowest BCUT2D eigenvalue weighted by Crippen LogP contribution is -2.45. The number of nitrogens with zero attached hydrogens (tertiary/aromatic N) is 1. The third-order valence-electron chi connectivity index (χ3n) is 2.34. The van der Waals surface area contributed by atoms with Crippen LogP contribution < -0.4 is 5.73 Å². The molecule has 0 unspecified atom stereocenters. The van der Waals surface area contributed by atoms with Crippen molar-refractivity contribution in [3.05, 3.63) is 21.9 Å². The minimum atomic E-state index is -0.297. The average Bonchev–Trinajstić information content (AvgIpc) is 2.79. The summed E-state index contributed by atoms with van der Waals surface area (Å²) >= 11 is 1.45. The summed E-state index contributed by atoms with van der Waals surface area (Å²) in [7, 11) is 0. The van der Waals surface area contributed by atoms with E-state index in [9.17, 15) is 9.59 Å². The Hall–Kier alpha value is -1.68. The SMILES string of the molecule is NCC#Cc1ccc(CN2C(=O)COCC2=O)s1. The van der Waals surface area contributed by atoms with Crippen LogP contribution in [0.3, 0.4) is 0 Å². The van der Waals surface area contributed by atoms with E-state index in [1.54, 1.807) is 0 Å². The van der Waals surface area contributed by atoms with Gasteiger partial charge in [0.25, 0.3) is 11.8 Å². The van der Waals surface area contributed by atoms with Gasteiger partial charge in [-0.2, -0.15) is 0 Å². The van der Waals surface area contributed by atoms with E-state index in [2.05, 4.69) is 11.8 Å². The smallest absolute Gasteiger partial charge is 0.255 e. The zero-order valence-corrected chi connectivity index (χ0v) is 10.5. The number of amides is 2. The fourth-order valence-corrected chi connectivity index (χ4v) is 2.39. The maximum Gasteiger partial charge on any atom is 0.255 e. The highest BCUT2D eigenvalue weighted by Gasteiger charge is 2.26. The lowest BCUT2D eigenvalue weighted by molar-refractivity contribution is -0.159. The lowest BCUT2D eigenvalue weighted by Gasteiger charge is -2.24. The zero-order chi connectivity index (χ0) is 13.0. The Bertz CT molecular complexity index is 511. The Morgan fingerprint density at radius 2 is 2.06 bits per heavy atom. The first kappa shape index (κ1) is 12.8. The van der Waals surface area contributed by atoms with Crippen molar-refractivity contribution in [1.82, 2.24) is 4.90 Å². The highest BCUT2D eigenvalue weighted by Crippen LogP contribution is 2.18. The van der Waals surface area contributed by atoms with Gasteiger partial charge in [0.1, 0.15) is 13.2 Å². The van der Waals surface area contributed by atoms with Crippen molar-refractivity contribution in [2.45, 2.75) is 6.54 Å². The van der Waals surface area contributed by atoms with Crippen LogP contribution in [0.5, 0.6) is 0 Å². The van der Waals surface area contributed by atoms with Gasteiger partial charge in [-0.05, 0) is 12.1 Å². The number of hydrogen-bond acceptors (Lipinski definition) is 5. The average molecular weight is 264 g/mol. The van der Waals surface area contributed by atoms with Crippen LogP contribution in [0.4, 0.5) is 0 Å². The van der Waals surface area contributed by atoms with Gasteiger partial charge in [-0.25, -0.2) is 0 Å². The van der Waals surface area contributed by atoms with E-state index in [-0.39, 0.29) is 31.6 Å². The molecule has 2 heterocycles. The van der Waals surface area contributed by atoms with Gasteiger partial charge in [0.15, 0.2) is 0 Å². The summed E-state index contributed by atoms with van der Waals surface area (Å²) in [6.07, 6.45) is 0. The van der Waals surface area contributed by atoms with E-state index >= 15 is 0 Å². The quantitative estimate of drug-likeness (QED) is 0.600. The second kappa shape index (κ2) is 5.78. The summed E-state index contributed by atoms with van der Waals surface area (Å²) in [5, 5.41) is 0. The van der Waals surface area contributed by atoms with Crippen LogP contribution in [0.1, 0.15) is 9.75 Å². The van der Waals surface area contributed by atoms with E-state index in [4.69, 9.17) is 10.5 Å². The van der Waals surface area contributed by atoms with E-state index in [1.165, 1.54) is 16.2 Å². The van der Waals surface area contributed by atoms with Crippen LogP contribution in [0.2, 0.25) is 0 Å². The summed E-state index contributed by atoms with van der Waals surface area (Å²) in [5.41, 5.74) is 5.29. The summed E-state index contributed by atoms with van der Waals surface area (Å²) < 4.78 is 4.85. The molecule has 1 fully saturated rings. The summed E-state index contributed by atoms with van der Waals surface area (Å²) in [5.74, 6) is 5.08. The molecule has 18 heavy (non-hydrogen) atoms. The van der Waals surface area contributed by atoms with Crippen molar-refractivity contribution in [3.8, 4) is 11.8 Å². The molecule has 5 nitrogen and oxygen atoms in total. The molecule has 1 aliphatic rings. The van der Waals surface area contributed by atoms with E-state index in [1.807, 2.05) is 12.1 Å². The summed E-state index contributed by atoms with van der Waals surface area (Å²) in [6.45, 7) is 0.539. The fraction of sp³-hybridized carbons (Fsp3) is 0.333. The lowest BCUT2D eigenvalue weighted by atomic mass is 10.3.